The van der Waals surface area contributed by atoms with E-state index in [-0.39, 0.29) is 23.3 Å². The standard InChI is InChI=1S/C19H32N2O5/c1-13-14(22)21(16(24)26-18(5,6)7)12-19(13)8-10-20(11-9-19)15(23)25-17(2,3)4/h13H,8-12H2,1-7H3. The van der Waals surface area contributed by atoms with Crippen LogP contribution >= 0.6 is 0 Å². The van der Waals surface area contributed by atoms with E-state index < -0.39 is 17.3 Å². The minimum atomic E-state index is -0.642. The second-order valence-corrected chi connectivity index (χ2v) is 9.46. The first kappa shape index (κ1) is 20.5. The number of imide groups is 1. The van der Waals surface area contributed by atoms with Gasteiger partial charge in [-0.1, -0.05) is 6.92 Å². The van der Waals surface area contributed by atoms with E-state index in [9.17, 15) is 14.4 Å². The molecule has 0 aromatic heterocycles. The molecule has 1 unspecified atom stereocenters. The fraction of sp³-hybridized carbons (Fsp3) is 0.842. The molecule has 2 rings (SSSR count). The lowest BCUT2D eigenvalue weighted by atomic mass is 9.71. The summed E-state index contributed by atoms with van der Waals surface area (Å²) in [6, 6.07) is 0. The summed E-state index contributed by atoms with van der Waals surface area (Å²) < 4.78 is 10.8. The number of hydrogen-bond acceptors (Lipinski definition) is 5. The fourth-order valence-electron chi connectivity index (χ4n) is 3.55. The molecular formula is C19H32N2O5. The van der Waals surface area contributed by atoms with Gasteiger partial charge in [-0.15, -0.1) is 0 Å². The third-order valence-corrected chi connectivity index (χ3v) is 5.05. The molecule has 0 aromatic rings. The summed E-state index contributed by atoms with van der Waals surface area (Å²) in [5, 5.41) is 0. The highest BCUT2D eigenvalue weighted by Crippen LogP contribution is 2.45. The minimum Gasteiger partial charge on any atom is -0.444 e. The van der Waals surface area contributed by atoms with Crippen molar-refractivity contribution in [2.75, 3.05) is 19.6 Å². The van der Waals surface area contributed by atoms with Crippen molar-refractivity contribution in [3.8, 4) is 0 Å². The zero-order valence-corrected chi connectivity index (χ0v) is 17.0. The highest BCUT2D eigenvalue weighted by atomic mass is 16.6. The van der Waals surface area contributed by atoms with Crippen molar-refractivity contribution in [1.82, 2.24) is 9.80 Å². The molecule has 2 heterocycles. The van der Waals surface area contributed by atoms with Crippen molar-refractivity contribution in [2.45, 2.75) is 72.5 Å². The van der Waals surface area contributed by atoms with Gasteiger partial charge in [0.05, 0.1) is 0 Å². The molecular weight excluding hydrogens is 336 g/mol. The summed E-state index contributed by atoms with van der Waals surface area (Å²) in [6.45, 7) is 14.1. The number of rotatable bonds is 0. The molecule has 0 aromatic carbocycles. The van der Waals surface area contributed by atoms with Crippen molar-refractivity contribution in [3.63, 3.8) is 0 Å². The molecule has 148 valence electrons. The Kier molecular flexibility index (Phi) is 5.32. The number of hydrogen-bond donors (Lipinski definition) is 0. The molecule has 0 radical (unpaired) electrons. The van der Waals surface area contributed by atoms with Gasteiger partial charge >= 0.3 is 12.2 Å². The molecule has 1 atom stereocenters. The first-order valence-electron chi connectivity index (χ1n) is 9.26. The lowest BCUT2D eigenvalue weighted by Crippen LogP contribution is -2.47. The van der Waals surface area contributed by atoms with E-state index in [1.807, 2.05) is 27.7 Å². The van der Waals surface area contributed by atoms with E-state index in [0.717, 1.165) is 0 Å². The van der Waals surface area contributed by atoms with E-state index in [1.165, 1.54) is 4.90 Å². The first-order valence-corrected chi connectivity index (χ1v) is 9.26. The zero-order chi connectivity index (χ0) is 19.9. The van der Waals surface area contributed by atoms with Crippen molar-refractivity contribution in [1.29, 1.82) is 0 Å². The fourth-order valence-corrected chi connectivity index (χ4v) is 3.55. The summed E-state index contributed by atoms with van der Waals surface area (Å²) in [6.07, 6.45) is 0.422. The Morgan fingerprint density at radius 1 is 0.962 bits per heavy atom. The summed E-state index contributed by atoms with van der Waals surface area (Å²) >= 11 is 0. The molecule has 7 nitrogen and oxygen atoms in total. The molecule has 1 spiro atoms. The lowest BCUT2D eigenvalue weighted by Gasteiger charge is -2.41. The average Bonchev–Trinajstić information content (AvgIpc) is 2.70. The molecule has 26 heavy (non-hydrogen) atoms. The van der Waals surface area contributed by atoms with Crippen molar-refractivity contribution in [3.05, 3.63) is 0 Å². The molecule has 3 amide bonds. The topological polar surface area (TPSA) is 76.2 Å². The van der Waals surface area contributed by atoms with Crippen LogP contribution in [0.25, 0.3) is 0 Å². The molecule has 2 aliphatic rings. The van der Waals surface area contributed by atoms with Gasteiger partial charge in [-0.05, 0) is 54.4 Å². The lowest BCUT2D eigenvalue weighted by molar-refractivity contribution is -0.130. The predicted molar refractivity (Wildman–Crippen MR) is 96.6 cm³/mol. The van der Waals surface area contributed by atoms with Gasteiger partial charge in [-0.2, -0.15) is 0 Å². The van der Waals surface area contributed by atoms with Crippen LogP contribution in [0.1, 0.15) is 61.3 Å². The van der Waals surface area contributed by atoms with Gasteiger partial charge in [-0.3, -0.25) is 4.79 Å². The van der Waals surface area contributed by atoms with Crippen LogP contribution in [0.2, 0.25) is 0 Å². The Morgan fingerprint density at radius 3 is 1.88 bits per heavy atom. The maximum absolute atomic E-state index is 12.6. The van der Waals surface area contributed by atoms with E-state index >= 15 is 0 Å². The zero-order valence-electron chi connectivity index (χ0n) is 17.0. The number of nitrogens with zero attached hydrogens (tertiary/aromatic N) is 2. The van der Waals surface area contributed by atoms with Gasteiger partial charge in [-0.25, -0.2) is 14.5 Å². The third kappa shape index (κ3) is 4.48. The molecule has 2 aliphatic heterocycles. The number of carbonyl (C=O) groups is 3. The largest absolute Gasteiger partial charge is 0.444 e. The number of likely N-dealkylation sites (tertiary alicyclic amines) is 2. The van der Waals surface area contributed by atoms with Crippen LogP contribution in [0.15, 0.2) is 0 Å². The van der Waals surface area contributed by atoms with E-state index in [4.69, 9.17) is 9.47 Å². The van der Waals surface area contributed by atoms with Gasteiger partial charge < -0.3 is 14.4 Å². The van der Waals surface area contributed by atoms with Crippen LogP contribution in [0.5, 0.6) is 0 Å². The highest BCUT2D eigenvalue weighted by molar-refractivity contribution is 5.95. The second kappa shape index (κ2) is 6.74. The molecule has 0 bridgehead atoms. The van der Waals surface area contributed by atoms with Crippen LogP contribution < -0.4 is 0 Å². The molecule has 2 saturated heterocycles. The first-order chi connectivity index (χ1) is 11.7. The normalized spacial score (nSPS) is 23.3. The van der Waals surface area contributed by atoms with Crippen LogP contribution in [0.4, 0.5) is 9.59 Å². The maximum atomic E-state index is 12.6. The Bertz CT molecular complexity index is 580. The molecule has 0 aliphatic carbocycles. The van der Waals surface area contributed by atoms with Crippen molar-refractivity contribution in [2.24, 2.45) is 11.3 Å². The molecule has 0 N–H and O–H groups in total. The van der Waals surface area contributed by atoms with Crippen LogP contribution in [0, 0.1) is 11.3 Å². The van der Waals surface area contributed by atoms with Gasteiger partial charge in [0.2, 0.25) is 5.91 Å². The number of amides is 3. The number of piperidine rings is 1. The van der Waals surface area contributed by atoms with Crippen LogP contribution in [0.3, 0.4) is 0 Å². The monoisotopic (exact) mass is 368 g/mol. The molecule has 7 heteroatoms. The molecule has 2 fully saturated rings. The number of ether oxygens (including phenoxy) is 2. The Morgan fingerprint density at radius 2 is 1.42 bits per heavy atom. The van der Waals surface area contributed by atoms with Crippen LogP contribution in [-0.2, 0) is 14.3 Å². The summed E-state index contributed by atoms with van der Waals surface area (Å²) in [7, 11) is 0. The third-order valence-electron chi connectivity index (χ3n) is 5.05. The Hall–Kier alpha value is -1.79. The van der Waals surface area contributed by atoms with Crippen molar-refractivity contribution >= 4 is 18.1 Å². The average molecular weight is 368 g/mol. The minimum absolute atomic E-state index is 0.190. The second-order valence-electron chi connectivity index (χ2n) is 9.46. The van der Waals surface area contributed by atoms with Gasteiger partial charge in [0.1, 0.15) is 11.2 Å². The predicted octanol–water partition coefficient (Wildman–Crippen LogP) is 3.42. The van der Waals surface area contributed by atoms with E-state index in [0.29, 0.717) is 32.5 Å². The SMILES string of the molecule is CC1C(=O)N(C(=O)OC(C)(C)C)CC12CCN(C(=O)OC(C)(C)C)CC2. The Labute approximate surface area is 156 Å². The van der Waals surface area contributed by atoms with Gasteiger partial charge in [0.25, 0.3) is 0 Å². The molecule has 0 saturated carbocycles. The van der Waals surface area contributed by atoms with E-state index in [2.05, 4.69) is 0 Å². The van der Waals surface area contributed by atoms with Gasteiger partial charge in [0.15, 0.2) is 0 Å². The number of carbonyl (C=O) groups excluding carboxylic acids is 3. The van der Waals surface area contributed by atoms with E-state index in [1.54, 1.807) is 25.7 Å². The Balaban J connectivity index is 2.03. The summed E-state index contributed by atoms with van der Waals surface area (Å²) in [5.74, 6) is -0.458. The van der Waals surface area contributed by atoms with Crippen LogP contribution in [-0.4, -0.2) is 58.7 Å². The highest BCUT2D eigenvalue weighted by Gasteiger charge is 2.53. The smallest absolute Gasteiger partial charge is 0.417 e. The van der Waals surface area contributed by atoms with Crippen molar-refractivity contribution < 1.29 is 23.9 Å². The summed E-state index contributed by atoms with van der Waals surface area (Å²) in [5.41, 5.74) is -1.47. The quantitative estimate of drug-likeness (QED) is 0.655. The van der Waals surface area contributed by atoms with Gasteiger partial charge in [0, 0.05) is 31.0 Å². The summed E-state index contributed by atoms with van der Waals surface area (Å²) in [4.78, 5) is 40.2. The maximum Gasteiger partial charge on any atom is 0.417 e.